The Kier molecular flexibility index (Phi) is 5.46. The smallest absolute Gasteiger partial charge is 0.255 e. The average molecular weight is 409 g/mol. The zero-order chi connectivity index (χ0) is 19.8. The third kappa shape index (κ3) is 4.10. The molecule has 0 radical (unpaired) electrons. The van der Waals surface area contributed by atoms with Gasteiger partial charge >= 0.3 is 0 Å². The number of primary sulfonamides is 1. The summed E-state index contributed by atoms with van der Waals surface area (Å²) in [6.45, 7) is 2.06. The van der Waals surface area contributed by atoms with Crippen LogP contribution in [0.5, 0.6) is 5.75 Å². The maximum Gasteiger partial charge on any atom is 0.255 e. The number of rotatable bonds is 6. The van der Waals surface area contributed by atoms with E-state index >= 15 is 0 Å². The van der Waals surface area contributed by atoms with Gasteiger partial charge in [0.05, 0.1) is 17.6 Å². The minimum atomic E-state index is -3.72. The van der Waals surface area contributed by atoms with Crippen molar-refractivity contribution >= 4 is 27.5 Å². The van der Waals surface area contributed by atoms with Gasteiger partial charge in [-0.15, -0.1) is 0 Å². The Balaban J connectivity index is 1.78. The SMILES string of the molecule is CCC1C(NC(=O)c2cc(Cl)ccc2OC)C1c1ccc(S(N)(=O)=O)cc1. The van der Waals surface area contributed by atoms with Crippen molar-refractivity contribution < 1.29 is 17.9 Å². The summed E-state index contributed by atoms with van der Waals surface area (Å²) in [5.74, 6) is 0.610. The molecule has 1 fully saturated rings. The zero-order valence-electron chi connectivity index (χ0n) is 15.0. The van der Waals surface area contributed by atoms with Crippen molar-refractivity contribution in [1.82, 2.24) is 5.32 Å². The van der Waals surface area contributed by atoms with E-state index < -0.39 is 10.0 Å². The first kappa shape index (κ1) is 19.7. The van der Waals surface area contributed by atoms with Gasteiger partial charge in [-0.2, -0.15) is 0 Å². The molecule has 8 heteroatoms. The first-order valence-corrected chi connectivity index (χ1v) is 10.5. The molecule has 0 heterocycles. The summed E-state index contributed by atoms with van der Waals surface area (Å²) in [6.07, 6.45) is 0.888. The van der Waals surface area contributed by atoms with Crippen molar-refractivity contribution in [2.75, 3.05) is 7.11 Å². The number of methoxy groups -OCH3 is 1. The molecule has 0 spiro atoms. The minimum Gasteiger partial charge on any atom is -0.496 e. The van der Waals surface area contributed by atoms with Crippen LogP contribution < -0.4 is 15.2 Å². The highest BCUT2D eigenvalue weighted by Crippen LogP contribution is 2.50. The van der Waals surface area contributed by atoms with Gasteiger partial charge in [-0.25, -0.2) is 13.6 Å². The van der Waals surface area contributed by atoms with Crippen molar-refractivity contribution in [2.24, 2.45) is 11.1 Å². The van der Waals surface area contributed by atoms with Crippen LogP contribution in [-0.2, 0) is 10.0 Å². The van der Waals surface area contributed by atoms with Crippen LogP contribution in [0.25, 0.3) is 0 Å². The molecule has 6 nitrogen and oxygen atoms in total. The van der Waals surface area contributed by atoms with E-state index in [1.807, 2.05) is 0 Å². The van der Waals surface area contributed by atoms with Crippen LogP contribution in [0.15, 0.2) is 47.4 Å². The molecule has 3 atom stereocenters. The molecule has 27 heavy (non-hydrogen) atoms. The summed E-state index contributed by atoms with van der Waals surface area (Å²) in [5.41, 5.74) is 1.35. The molecule has 0 saturated heterocycles. The molecule has 0 aromatic heterocycles. The number of carbonyl (C=O) groups is 1. The molecule has 1 aliphatic rings. The highest BCUT2D eigenvalue weighted by Gasteiger charge is 2.50. The van der Waals surface area contributed by atoms with E-state index in [1.165, 1.54) is 19.2 Å². The first-order chi connectivity index (χ1) is 12.8. The molecule has 1 aliphatic carbocycles. The van der Waals surface area contributed by atoms with Crippen LogP contribution in [0, 0.1) is 5.92 Å². The van der Waals surface area contributed by atoms with Gasteiger partial charge in [-0.05, 0) is 41.8 Å². The van der Waals surface area contributed by atoms with Crippen LogP contribution >= 0.6 is 11.6 Å². The highest BCUT2D eigenvalue weighted by atomic mass is 35.5. The van der Waals surface area contributed by atoms with Crippen LogP contribution in [0.2, 0.25) is 5.02 Å². The molecule has 3 N–H and O–H groups in total. The van der Waals surface area contributed by atoms with E-state index in [1.54, 1.807) is 30.3 Å². The van der Waals surface area contributed by atoms with Crippen molar-refractivity contribution in [1.29, 1.82) is 0 Å². The number of nitrogens with one attached hydrogen (secondary N) is 1. The normalized spacial score (nSPS) is 21.6. The molecule has 144 valence electrons. The quantitative estimate of drug-likeness (QED) is 0.767. The number of ether oxygens (including phenoxy) is 1. The van der Waals surface area contributed by atoms with E-state index in [0.717, 1.165) is 12.0 Å². The standard InChI is InChI=1S/C19H21ClN2O4S/c1-3-14-17(11-4-7-13(8-5-11)27(21,24)25)18(14)22-19(23)15-10-12(20)6-9-16(15)26-2/h4-10,14,17-18H,3H2,1-2H3,(H,22,23)(H2,21,24,25). The minimum absolute atomic E-state index is 0.0356. The number of carbonyl (C=O) groups excluding carboxylic acids is 1. The Bertz CT molecular complexity index is 960. The van der Waals surface area contributed by atoms with Gasteiger partial charge in [0.15, 0.2) is 0 Å². The molecule has 2 aromatic carbocycles. The van der Waals surface area contributed by atoms with E-state index in [0.29, 0.717) is 16.3 Å². The number of benzene rings is 2. The summed E-state index contributed by atoms with van der Waals surface area (Å²) >= 11 is 6.01. The Morgan fingerprint density at radius 1 is 1.22 bits per heavy atom. The molecule has 0 bridgehead atoms. The fraction of sp³-hybridized carbons (Fsp3) is 0.316. The lowest BCUT2D eigenvalue weighted by Gasteiger charge is -2.10. The summed E-state index contributed by atoms with van der Waals surface area (Å²) in [5, 5.41) is 8.65. The van der Waals surface area contributed by atoms with Gasteiger partial charge < -0.3 is 10.1 Å². The predicted octanol–water partition coefficient (Wildman–Crippen LogP) is 2.92. The van der Waals surface area contributed by atoms with Crippen molar-refractivity contribution in [3.63, 3.8) is 0 Å². The van der Waals surface area contributed by atoms with Gasteiger partial charge in [0.2, 0.25) is 10.0 Å². The number of nitrogens with two attached hydrogens (primary N) is 1. The lowest BCUT2D eigenvalue weighted by atomic mass is 10.1. The van der Waals surface area contributed by atoms with Crippen molar-refractivity contribution in [3.8, 4) is 5.75 Å². The van der Waals surface area contributed by atoms with Gasteiger partial charge in [0.25, 0.3) is 5.91 Å². The Morgan fingerprint density at radius 3 is 2.44 bits per heavy atom. The zero-order valence-corrected chi connectivity index (χ0v) is 16.5. The number of amides is 1. The maximum atomic E-state index is 12.7. The molecule has 2 aromatic rings. The van der Waals surface area contributed by atoms with Gasteiger partial charge in [-0.3, -0.25) is 4.79 Å². The molecular weight excluding hydrogens is 388 g/mol. The average Bonchev–Trinajstić information content (AvgIpc) is 3.33. The van der Waals surface area contributed by atoms with Gasteiger partial charge in [0.1, 0.15) is 5.75 Å². The van der Waals surface area contributed by atoms with E-state index in [2.05, 4.69) is 12.2 Å². The fourth-order valence-corrected chi connectivity index (χ4v) is 4.19. The molecule has 3 rings (SSSR count). The summed E-state index contributed by atoms with van der Waals surface area (Å²) < 4.78 is 28.1. The second-order valence-electron chi connectivity index (χ2n) is 6.56. The van der Waals surface area contributed by atoms with E-state index in [4.69, 9.17) is 21.5 Å². The number of sulfonamides is 1. The first-order valence-electron chi connectivity index (χ1n) is 8.53. The third-order valence-electron chi connectivity index (χ3n) is 4.94. The maximum absolute atomic E-state index is 12.7. The number of hydrogen-bond acceptors (Lipinski definition) is 4. The van der Waals surface area contributed by atoms with Crippen LogP contribution in [-0.4, -0.2) is 27.5 Å². The molecule has 1 amide bonds. The Morgan fingerprint density at radius 2 is 1.89 bits per heavy atom. The number of halogens is 1. The van der Waals surface area contributed by atoms with Crippen molar-refractivity contribution in [3.05, 3.63) is 58.6 Å². The molecule has 3 unspecified atom stereocenters. The topological polar surface area (TPSA) is 98.5 Å². The highest BCUT2D eigenvalue weighted by molar-refractivity contribution is 7.89. The molecular formula is C19H21ClN2O4S. The summed E-state index contributed by atoms with van der Waals surface area (Å²) in [4.78, 5) is 12.8. The van der Waals surface area contributed by atoms with Crippen LogP contribution in [0.1, 0.15) is 35.2 Å². The largest absolute Gasteiger partial charge is 0.496 e. The van der Waals surface area contributed by atoms with Crippen LogP contribution in [0.3, 0.4) is 0 Å². The van der Waals surface area contributed by atoms with Crippen molar-refractivity contribution in [2.45, 2.75) is 30.2 Å². The third-order valence-corrected chi connectivity index (χ3v) is 6.10. The van der Waals surface area contributed by atoms with Crippen LogP contribution in [0.4, 0.5) is 0 Å². The fourth-order valence-electron chi connectivity index (χ4n) is 3.50. The second kappa shape index (κ2) is 7.50. The lowest BCUT2D eigenvalue weighted by Crippen LogP contribution is -2.28. The second-order valence-corrected chi connectivity index (χ2v) is 8.55. The molecule has 1 saturated carbocycles. The number of hydrogen-bond donors (Lipinski definition) is 2. The monoisotopic (exact) mass is 408 g/mol. The van der Waals surface area contributed by atoms with E-state index in [9.17, 15) is 13.2 Å². The summed E-state index contributed by atoms with van der Waals surface area (Å²) in [6, 6.07) is 11.4. The summed E-state index contributed by atoms with van der Waals surface area (Å²) in [7, 11) is -2.22. The lowest BCUT2D eigenvalue weighted by molar-refractivity contribution is 0.0945. The Hall–Kier alpha value is -2.09. The Labute approximate surface area is 163 Å². The van der Waals surface area contributed by atoms with Gasteiger partial charge in [0, 0.05) is 17.0 Å². The van der Waals surface area contributed by atoms with E-state index in [-0.39, 0.29) is 28.7 Å². The van der Waals surface area contributed by atoms with Gasteiger partial charge in [-0.1, -0.05) is 37.1 Å². The molecule has 0 aliphatic heterocycles. The predicted molar refractivity (Wildman–Crippen MR) is 104 cm³/mol.